The summed E-state index contributed by atoms with van der Waals surface area (Å²) in [6.45, 7) is 0. The van der Waals surface area contributed by atoms with Crippen LogP contribution < -0.4 is 11.1 Å². The maximum absolute atomic E-state index is 13.2. The number of fused-ring (bicyclic) bond motifs is 1. The van der Waals surface area contributed by atoms with Crippen molar-refractivity contribution in [1.29, 1.82) is 0 Å². The van der Waals surface area contributed by atoms with Crippen LogP contribution in [0.15, 0.2) is 24.4 Å². The zero-order valence-corrected chi connectivity index (χ0v) is 13.7. The molecule has 2 aromatic rings. The van der Waals surface area contributed by atoms with E-state index in [1.807, 2.05) is 17.8 Å². The first-order valence-corrected chi connectivity index (χ1v) is 8.05. The number of aryl methyl sites for hydroxylation is 1. The van der Waals surface area contributed by atoms with Gasteiger partial charge < -0.3 is 15.6 Å². The van der Waals surface area contributed by atoms with E-state index >= 15 is 0 Å². The molecule has 0 spiro atoms. The Balaban J connectivity index is 1.92. The zero-order valence-electron chi connectivity index (χ0n) is 12.9. The summed E-state index contributed by atoms with van der Waals surface area (Å²) in [5.74, 6) is -0.742. The molecule has 0 unspecified atom stereocenters. The Hall–Kier alpha value is -1.85. The molecule has 1 heterocycles. The highest BCUT2D eigenvalue weighted by Crippen LogP contribution is 2.31. The summed E-state index contributed by atoms with van der Waals surface area (Å²) in [6, 6.07) is 4.11. The second-order valence-corrected chi connectivity index (χ2v) is 6.36. The molecule has 0 saturated carbocycles. The molecule has 0 saturated heterocycles. The van der Waals surface area contributed by atoms with E-state index in [1.54, 1.807) is 0 Å². The van der Waals surface area contributed by atoms with Crippen LogP contribution in [0.3, 0.4) is 0 Å². The highest BCUT2D eigenvalue weighted by molar-refractivity contribution is 6.31. The third-order valence-corrected chi connectivity index (χ3v) is 4.59. The van der Waals surface area contributed by atoms with Crippen molar-refractivity contribution in [2.45, 2.75) is 31.7 Å². The molecule has 1 aliphatic rings. The minimum atomic E-state index is -0.511. The molecule has 122 valence electrons. The van der Waals surface area contributed by atoms with Crippen LogP contribution in [0.1, 0.15) is 46.9 Å². The predicted molar refractivity (Wildman–Crippen MR) is 89.3 cm³/mol. The summed E-state index contributed by atoms with van der Waals surface area (Å²) in [5.41, 5.74) is 9.35. The molecular weight excluding hydrogens is 317 g/mol. The molecule has 3 rings (SSSR count). The third kappa shape index (κ3) is 3.12. The molecule has 1 atom stereocenters. The van der Waals surface area contributed by atoms with Crippen molar-refractivity contribution >= 4 is 23.2 Å². The summed E-state index contributed by atoms with van der Waals surface area (Å²) in [6.07, 6.45) is 5.81. The number of anilines is 1. The largest absolute Gasteiger partial charge is 0.346 e. The van der Waals surface area contributed by atoms with E-state index in [4.69, 9.17) is 17.3 Å². The minimum Gasteiger partial charge on any atom is -0.346 e. The van der Waals surface area contributed by atoms with Gasteiger partial charge in [0.2, 0.25) is 0 Å². The standard InChI is InChI=1S/C17H19ClFN3O/c1-22-9-12-11(4-2-3-5-15(12)20)16(22)17(23)21-10-6-7-14(19)13(18)8-10/h6-9,15H,2-5,20H2,1H3,(H,21,23)/t15-/m0/s1. The van der Waals surface area contributed by atoms with Gasteiger partial charge in [0.25, 0.3) is 5.91 Å². The van der Waals surface area contributed by atoms with Gasteiger partial charge in [0, 0.05) is 25.0 Å². The van der Waals surface area contributed by atoms with Crippen LogP contribution in [-0.4, -0.2) is 10.5 Å². The van der Waals surface area contributed by atoms with Crippen LogP contribution in [0.2, 0.25) is 5.02 Å². The van der Waals surface area contributed by atoms with Gasteiger partial charge in [-0.15, -0.1) is 0 Å². The number of aromatic nitrogens is 1. The van der Waals surface area contributed by atoms with Gasteiger partial charge in [-0.2, -0.15) is 0 Å². The van der Waals surface area contributed by atoms with Gasteiger partial charge >= 0.3 is 0 Å². The first-order chi connectivity index (χ1) is 11.0. The Labute approximate surface area is 139 Å². The maximum atomic E-state index is 13.2. The Kier molecular flexibility index (Phi) is 4.41. The Morgan fingerprint density at radius 1 is 1.43 bits per heavy atom. The van der Waals surface area contributed by atoms with Gasteiger partial charge in [-0.3, -0.25) is 4.79 Å². The lowest BCUT2D eigenvalue weighted by molar-refractivity contribution is 0.101. The van der Waals surface area contributed by atoms with E-state index in [0.29, 0.717) is 11.4 Å². The Morgan fingerprint density at radius 3 is 2.96 bits per heavy atom. The van der Waals surface area contributed by atoms with Gasteiger partial charge in [0.1, 0.15) is 11.5 Å². The normalized spacial score (nSPS) is 17.5. The molecule has 0 bridgehead atoms. The smallest absolute Gasteiger partial charge is 0.272 e. The average molecular weight is 336 g/mol. The second kappa shape index (κ2) is 6.34. The van der Waals surface area contributed by atoms with Gasteiger partial charge in [-0.05, 0) is 48.6 Å². The van der Waals surface area contributed by atoms with E-state index in [-0.39, 0.29) is 17.0 Å². The van der Waals surface area contributed by atoms with Crippen LogP contribution in [-0.2, 0) is 13.5 Å². The van der Waals surface area contributed by atoms with Gasteiger partial charge in [0.05, 0.1) is 5.02 Å². The molecule has 6 heteroatoms. The second-order valence-electron chi connectivity index (χ2n) is 5.96. The molecule has 0 aliphatic heterocycles. The quantitative estimate of drug-likeness (QED) is 0.820. The molecular formula is C17H19ClFN3O. The number of carbonyl (C=O) groups excluding carboxylic acids is 1. The monoisotopic (exact) mass is 335 g/mol. The van der Waals surface area contributed by atoms with Crippen LogP contribution >= 0.6 is 11.6 Å². The highest BCUT2D eigenvalue weighted by Gasteiger charge is 2.25. The number of benzene rings is 1. The van der Waals surface area contributed by atoms with Crippen molar-refractivity contribution in [1.82, 2.24) is 4.57 Å². The van der Waals surface area contributed by atoms with Gasteiger partial charge in [-0.1, -0.05) is 18.0 Å². The minimum absolute atomic E-state index is 0.0180. The Morgan fingerprint density at radius 2 is 2.22 bits per heavy atom. The number of rotatable bonds is 2. The van der Waals surface area contributed by atoms with Crippen molar-refractivity contribution in [2.75, 3.05) is 5.32 Å². The van der Waals surface area contributed by atoms with Crippen LogP contribution in [0, 0.1) is 5.82 Å². The summed E-state index contributed by atoms with van der Waals surface area (Å²) in [5, 5.41) is 2.77. The number of nitrogens with one attached hydrogen (secondary N) is 1. The zero-order chi connectivity index (χ0) is 16.6. The number of amides is 1. The van der Waals surface area contributed by atoms with Crippen molar-refractivity contribution in [3.05, 3.63) is 52.1 Å². The van der Waals surface area contributed by atoms with E-state index in [1.165, 1.54) is 18.2 Å². The van der Waals surface area contributed by atoms with Crippen molar-refractivity contribution in [2.24, 2.45) is 12.8 Å². The van der Waals surface area contributed by atoms with E-state index < -0.39 is 5.82 Å². The fraction of sp³-hybridized carbons (Fsp3) is 0.353. The SMILES string of the molecule is Cn1cc2c(c1C(=O)Nc1ccc(F)c(Cl)c1)CCCC[C@@H]2N. The molecule has 1 aromatic heterocycles. The first-order valence-electron chi connectivity index (χ1n) is 7.67. The molecule has 1 amide bonds. The molecule has 0 radical (unpaired) electrons. The molecule has 3 N–H and O–H groups in total. The lowest BCUT2D eigenvalue weighted by atomic mass is 10.0. The fourth-order valence-corrected chi connectivity index (χ4v) is 3.35. The molecule has 23 heavy (non-hydrogen) atoms. The van der Waals surface area contributed by atoms with E-state index in [9.17, 15) is 9.18 Å². The molecule has 4 nitrogen and oxygen atoms in total. The summed E-state index contributed by atoms with van der Waals surface area (Å²) in [7, 11) is 1.84. The average Bonchev–Trinajstić information content (AvgIpc) is 2.74. The maximum Gasteiger partial charge on any atom is 0.272 e. The van der Waals surface area contributed by atoms with Crippen molar-refractivity contribution in [3.8, 4) is 0 Å². The Bertz CT molecular complexity index is 757. The molecule has 1 aromatic carbocycles. The number of halogens is 2. The van der Waals surface area contributed by atoms with E-state index in [2.05, 4.69) is 5.32 Å². The third-order valence-electron chi connectivity index (χ3n) is 4.30. The number of nitrogens with zero attached hydrogens (tertiary/aromatic N) is 1. The van der Waals surface area contributed by atoms with Crippen LogP contribution in [0.25, 0.3) is 0 Å². The van der Waals surface area contributed by atoms with Gasteiger partial charge in [0.15, 0.2) is 0 Å². The number of carbonyl (C=O) groups is 1. The van der Waals surface area contributed by atoms with Crippen molar-refractivity contribution in [3.63, 3.8) is 0 Å². The lowest BCUT2D eigenvalue weighted by Crippen LogP contribution is -2.17. The highest BCUT2D eigenvalue weighted by atomic mass is 35.5. The number of hydrogen-bond acceptors (Lipinski definition) is 2. The van der Waals surface area contributed by atoms with Crippen molar-refractivity contribution < 1.29 is 9.18 Å². The first kappa shape index (κ1) is 16.0. The summed E-state index contributed by atoms with van der Waals surface area (Å²) < 4.78 is 15.0. The fourth-order valence-electron chi connectivity index (χ4n) is 3.17. The molecule has 1 aliphatic carbocycles. The predicted octanol–water partition coefficient (Wildman–Crippen LogP) is 3.80. The molecule has 0 fully saturated rings. The lowest BCUT2D eigenvalue weighted by Gasteiger charge is -2.10. The summed E-state index contributed by atoms with van der Waals surface area (Å²) in [4.78, 5) is 12.7. The summed E-state index contributed by atoms with van der Waals surface area (Å²) >= 11 is 5.76. The van der Waals surface area contributed by atoms with Crippen LogP contribution in [0.4, 0.5) is 10.1 Å². The van der Waals surface area contributed by atoms with E-state index in [0.717, 1.165) is 36.8 Å². The number of nitrogens with two attached hydrogens (primary N) is 1. The van der Waals surface area contributed by atoms with Crippen LogP contribution in [0.5, 0.6) is 0 Å². The number of hydrogen-bond donors (Lipinski definition) is 2. The van der Waals surface area contributed by atoms with Gasteiger partial charge in [-0.25, -0.2) is 4.39 Å². The topological polar surface area (TPSA) is 60.0 Å².